The van der Waals surface area contributed by atoms with E-state index < -0.39 is 0 Å². The molecule has 0 aromatic heterocycles. The molecule has 0 radical (unpaired) electrons. The van der Waals surface area contributed by atoms with Crippen LogP contribution in [0.3, 0.4) is 0 Å². The van der Waals surface area contributed by atoms with Crippen LogP contribution in [0.15, 0.2) is 24.3 Å². The van der Waals surface area contributed by atoms with Gasteiger partial charge in [0.2, 0.25) is 5.91 Å². The van der Waals surface area contributed by atoms with Gasteiger partial charge in [0, 0.05) is 12.3 Å². The monoisotopic (exact) mass is 229 g/mol. The maximum atomic E-state index is 12.9. The van der Waals surface area contributed by atoms with Gasteiger partial charge in [-0.15, -0.1) is 11.6 Å². The van der Waals surface area contributed by atoms with Gasteiger partial charge in [-0.25, -0.2) is 4.39 Å². The molecule has 1 aromatic carbocycles. The average molecular weight is 230 g/mol. The fraction of sp³-hybridized carbons (Fsp3) is 0.364. The van der Waals surface area contributed by atoms with Crippen molar-refractivity contribution < 1.29 is 9.18 Å². The highest BCUT2D eigenvalue weighted by Crippen LogP contribution is 2.13. The summed E-state index contributed by atoms with van der Waals surface area (Å²) in [6.07, 6.45) is 0.279. The number of hydrogen-bond donors (Lipinski definition) is 1. The van der Waals surface area contributed by atoms with Crippen LogP contribution in [0.2, 0.25) is 0 Å². The maximum Gasteiger partial charge on any atom is 0.221 e. The van der Waals surface area contributed by atoms with Gasteiger partial charge in [0.25, 0.3) is 0 Å². The lowest BCUT2D eigenvalue weighted by atomic mass is 10.1. The Morgan fingerprint density at radius 3 is 2.93 bits per heavy atom. The summed E-state index contributed by atoms with van der Waals surface area (Å²) >= 11 is 5.43. The van der Waals surface area contributed by atoms with E-state index in [2.05, 4.69) is 5.32 Å². The van der Waals surface area contributed by atoms with Crippen molar-refractivity contribution in [2.45, 2.75) is 19.4 Å². The average Bonchev–Trinajstić information content (AvgIpc) is 2.18. The minimum Gasteiger partial charge on any atom is -0.350 e. The summed E-state index contributed by atoms with van der Waals surface area (Å²) in [7, 11) is 0. The van der Waals surface area contributed by atoms with Crippen molar-refractivity contribution in [3.63, 3.8) is 0 Å². The predicted molar refractivity (Wildman–Crippen MR) is 58.3 cm³/mol. The molecule has 1 atom stereocenters. The maximum absolute atomic E-state index is 12.9. The molecule has 0 saturated carbocycles. The van der Waals surface area contributed by atoms with Gasteiger partial charge in [0.1, 0.15) is 5.82 Å². The highest BCUT2D eigenvalue weighted by molar-refractivity contribution is 6.18. The second-order valence-electron chi connectivity index (χ2n) is 3.28. The molecule has 1 aromatic rings. The molecule has 0 bridgehead atoms. The van der Waals surface area contributed by atoms with Gasteiger partial charge in [0.05, 0.1) is 6.04 Å². The number of benzene rings is 1. The summed E-state index contributed by atoms with van der Waals surface area (Å²) in [5.74, 6) is -0.130. The third-order valence-electron chi connectivity index (χ3n) is 2.05. The molecule has 0 spiro atoms. The SMILES string of the molecule is CC(NC(=O)CCCl)c1cccc(F)c1. The minimum absolute atomic E-state index is 0.123. The van der Waals surface area contributed by atoms with Crippen LogP contribution in [0, 0.1) is 5.82 Å². The highest BCUT2D eigenvalue weighted by Gasteiger charge is 2.09. The Morgan fingerprint density at radius 2 is 2.33 bits per heavy atom. The van der Waals surface area contributed by atoms with Gasteiger partial charge in [-0.05, 0) is 24.6 Å². The van der Waals surface area contributed by atoms with E-state index in [9.17, 15) is 9.18 Å². The molecule has 0 fully saturated rings. The second kappa shape index (κ2) is 5.71. The van der Waals surface area contributed by atoms with Gasteiger partial charge >= 0.3 is 0 Å². The van der Waals surface area contributed by atoms with Crippen LogP contribution in [0.5, 0.6) is 0 Å². The summed E-state index contributed by atoms with van der Waals surface area (Å²) in [6, 6.07) is 5.97. The zero-order valence-corrected chi connectivity index (χ0v) is 9.22. The summed E-state index contributed by atoms with van der Waals surface area (Å²) in [6.45, 7) is 1.81. The van der Waals surface area contributed by atoms with Gasteiger partial charge in [0.15, 0.2) is 0 Å². The summed E-state index contributed by atoms with van der Waals surface area (Å²) in [5.41, 5.74) is 0.748. The fourth-order valence-corrected chi connectivity index (χ4v) is 1.43. The lowest BCUT2D eigenvalue weighted by molar-refractivity contribution is -0.121. The molecule has 1 rings (SSSR count). The number of amides is 1. The van der Waals surface area contributed by atoms with Crippen molar-refractivity contribution in [1.29, 1.82) is 0 Å². The molecule has 0 saturated heterocycles. The van der Waals surface area contributed by atoms with Gasteiger partial charge < -0.3 is 5.32 Å². The molecule has 82 valence electrons. The molecule has 0 heterocycles. The Bertz CT molecular complexity index is 343. The standard InChI is InChI=1S/C11H13ClFNO/c1-8(14-11(15)5-6-12)9-3-2-4-10(13)7-9/h2-4,7-8H,5-6H2,1H3,(H,14,15). The van der Waals surface area contributed by atoms with Gasteiger partial charge in [-0.2, -0.15) is 0 Å². The highest BCUT2D eigenvalue weighted by atomic mass is 35.5. The number of carbonyl (C=O) groups excluding carboxylic acids is 1. The molecule has 0 aliphatic heterocycles. The molecule has 1 unspecified atom stereocenters. The molecular formula is C11H13ClFNO. The normalized spacial score (nSPS) is 12.2. The first-order chi connectivity index (χ1) is 7.13. The number of hydrogen-bond acceptors (Lipinski definition) is 1. The van der Waals surface area contributed by atoms with Gasteiger partial charge in [-0.1, -0.05) is 12.1 Å². The topological polar surface area (TPSA) is 29.1 Å². The quantitative estimate of drug-likeness (QED) is 0.791. The van der Waals surface area contributed by atoms with E-state index in [0.717, 1.165) is 5.56 Å². The molecule has 2 nitrogen and oxygen atoms in total. The van der Waals surface area contributed by atoms with E-state index in [1.807, 2.05) is 0 Å². The number of halogens is 2. The first-order valence-corrected chi connectivity index (χ1v) is 5.27. The van der Waals surface area contributed by atoms with Crippen molar-refractivity contribution in [2.24, 2.45) is 0 Å². The van der Waals surface area contributed by atoms with Crippen LogP contribution in [0.1, 0.15) is 24.9 Å². The molecule has 4 heteroatoms. The largest absolute Gasteiger partial charge is 0.350 e. The van der Waals surface area contributed by atoms with Crippen molar-refractivity contribution in [3.05, 3.63) is 35.6 Å². The molecule has 1 amide bonds. The van der Waals surface area contributed by atoms with Crippen LogP contribution in [-0.2, 0) is 4.79 Å². The fourth-order valence-electron chi connectivity index (χ4n) is 1.26. The van der Waals surface area contributed by atoms with Crippen LogP contribution in [0.25, 0.3) is 0 Å². The van der Waals surface area contributed by atoms with E-state index in [1.165, 1.54) is 12.1 Å². The third kappa shape index (κ3) is 3.88. The van der Waals surface area contributed by atoms with E-state index in [4.69, 9.17) is 11.6 Å². The predicted octanol–water partition coefficient (Wildman–Crippen LogP) is 2.63. The van der Waals surface area contributed by atoms with E-state index in [1.54, 1.807) is 19.1 Å². The van der Waals surface area contributed by atoms with Crippen molar-refractivity contribution in [3.8, 4) is 0 Å². The van der Waals surface area contributed by atoms with Crippen LogP contribution < -0.4 is 5.32 Å². The number of alkyl halides is 1. The van der Waals surface area contributed by atoms with Crippen LogP contribution in [-0.4, -0.2) is 11.8 Å². The smallest absolute Gasteiger partial charge is 0.221 e. The Balaban J connectivity index is 2.60. The molecule has 0 aliphatic rings. The summed E-state index contributed by atoms with van der Waals surface area (Å²) in [4.78, 5) is 11.2. The Kier molecular flexibility index (Phi) is 4.56. The molecule has 1 N–H and O–H groups in total. The zero-order chi connectivity index (χ0) is 11.3. The lowest BCUT2D eigenvalue weighted by Crippen LogP contribution is -2.26. The molecule has 15 heavy (non-hydrogen) atoms. The second-order valence-corrected chi connectivity index (χ2v) is 3.66. The number of nitrogens with one attached hydrogen (secondary N) is 1. The van der Waals surface area contributed by atoms with E-state index in [0.29, 0.717) is 5.88 Å². The van der Waals surface area contributed by atoms with Crippen LogP contribution in [0.4, 0.5) is 4.39 Å². The summed E-state index contributed by atoms with van der Waals surface area (Å²) in [5, 5.41) is 2.73. The Hall–Kier alpha value is -1.09. The van der Waals surface area contributed by atoms with Crippen molar-refractivity contribution >= 4 is 17.5 Å². The third-order valence-corrected chi connectivity index (χ3v) is 2.24. The lowest BCUT2D eigenvalue weighted by Gasteiger charge is -2.13. The Labute approximate surface area is 93.4 Å². The number of rotatable bonds is 4. The van der Waals surface area contributed by atoms with Crippen molar-refractivity contribution in [2.75, 3.05) is 5.88 Å². The van der Waals surface area contributed by atoms with Crippen LogP contribution >= 0.6 is 11.6 Å². The Morgan fingerprint density at radius 1 is 1.60 bits per heavy atom. The zero-order valence-electron chi connectivity index (χ0n) is 8.47. The molecular weight excluding hydrogens is 217 g/mol. The summed E-state index contributed by atoms with van der Waals surface area (Å²) < 4.78 is 12.9. The van der Waals surface area contributed by atoms with Crippen molar-refractivity contribution in [1.82, 2.24) is 5.32 Å². The first-order valence-electron chi connectivity index (χ1n) is 4.74. The minimum atomic E-state index is -0.300. The van der Waals surface area contributed by atoms with E-state index >= 15 is 0 Å². The van der Waals surface area contributed by atoms with Gasteiger partial charge in [-0.3, -0.25) is 4.79 Å². The number of carbonyl (C=O) groups is 1. The van der Waals surface area contributed by atoms with E-state index in [-0.39, 0.29) is 24.2 Å². The first kappa shape index (κ1) is 12.0. The molecule has 0 aliphatic carbocycles.